The SMILES string of the molecule is O=C(Cn1cnc2ccc(Br)cc2c1=O)c1ccc(NC(=O)c2ccccc2)cc1. The number of nitrogens with zero attached hydrogens (tertiary/aromatic N) is 2. The Hall–Kier alpha value is -3.58. The first-order valence-corrected chi connectivity index (χ1v) is 9.95. The van der Waals surface area contributed by atoms with E-state index in [0.717, 1.165) is 4.47 Å². The normalized spacial score (nSPS) is 10.7. The molecule has 7 heteroatoms. The van der Waals surface area contributed by atoms with Crippen LogP contribution in [-0.2, 0) is 6.54 Å². The van der Waals surface area contributed by atoms with Gasteiger partial charge in [0.1, 0.15) is 0 Å². The number of hydrogen-bond donors (Lipinski definition) is 1. The molecular weight excluding hydrogens is 446 g/mol. The fraction of sp³-hybridized carbons (Fsp3) is 0.0435. The zero-order chi connectivity index (χ0) is 21.1. The number of carbonyl (C=O) groups is 2. The predicted molar refractivity (Wildman–Crippen MR) is 119 cm³/mol. The lowest BCUT2D eigenvalue weighted by Crippen LogP contribution is -2.24. The van der Waals surface area contributed by atoms with Crippen molar-refractivity contribution in [2.24, 2.45) is 0 Å². The van der Waals surface area contributed by atoms with Gasteiger partial charge in [0.25, 0.3) is 11.5 Å². The number of benzene rings is 3. The molecule has 0 aliphatic heterocycles. The minimum absolute atomic E-state index is 0.121. The number of aromatic nitrogens is 2. The van der Waals surface area contributed by atoms with Gasteiger partial charge in [-0.2, -0.15) is 0 Å². The van der Waals surface area contributed by atoms with Crippen LogP contribution in [0.2, 0.25) is 0 Å². The van der Waals surface area contributed by atoms with Crippen LogP contribution in [0, 0.1) is 0 Å². The number of nitrogens with one attached hydrogen (secondary N) is 1. The van der Waals surface area contributed by atoms with E-state index in [4.69, 9.17) is 0 Å². The zero-order valence-corrected chi connectivity index (χ0v) is 17.3. The van der Waals surface area contributed by atoms with Crippen LogP contribution in [0.15, 0.2) is 88.4 Å². The molecule has 0 aliphatic rings. The van der Waals surface area contributed by atoms with Crippen molar-refractivity contribution in [1.29, 1.82) is 0 Å². The average Bonchev–Trinajstić information content (AvgIpc) is 2.77. The number of halogens is 1. The highest BCUT2D eigenvalue weighted by Crippen LogP contribution is 2.16. The van der Waals surface area contributed by atoms with E-state index in [2.05, 4.69) is 26.2 Å². The lowest BCUT2D eigenvalue weighted by molar-refractivity contribution is 0.0970. The van der Waals surface area contributed by atoms with Crippen molar-refractivity contribution in [2.75, 3.05) is 5.32 Å². The van der Waals surface area contributed by atoms with E-state index in [1.807, 2.05) is 12.1 Å². The van der Waals surface area contributed by atoms with E-state index in [-0.39, 0.29) is 23.8 Å². The third kappa shape index (κ3) is 4.21. The molecule has 0 saturated heterocycles. The molecule has 0 atom stereocenters. The molecule has 148 valence electrons. The second-order valence-electron chi connectivity index (χ2n) is 6.66. The predicted octanol–water partition coefficient (Wildman–Crippen LogP) is 4.29. The molecule has 1 aromatic heterocycles. The van der Waals surface area contributed by atoms with E-state index in [0.29, 0.717) is 27.7 Å². The number of ketones is 1. The highest BCUT2D eigenvalue weighted by Gasteiger charge is 2.11. The summed E-state index contributed by atoms with van der Waals surface area (Å²) in [5.41, 5.74) is 1.86. The van der Waals surface area contributed by atoms with Crippen LogP contribution >= 0.6 is 15.9 Å². The van der Waals surface area contributed by atoms with Crippen molar-refractivity contribution in [3.63, 3.8) is 0 Å². The minimum atomic E-state index is -0.276. The third-order valence-corrected chi connectivity index (χ3v) is 5.09. The summed E-state index contributed by atoms with van der Waals surface area (Å²) in [4.78, 5) is 41.8. The Kier molecular flexibility index (Phi) is 5.54. The molecule has 0 saturated carbocycles. The summed E-state index contributed by atoms with van der Waals surface area (Å²) < 4.78 is 2.06. The first-order valence-electron chi connectivity index (χ1n) is 9.15. The van der Waals surface area contributed by atoms with Gasteiger partial charge in [0, 0.05) is 21.3 Å². The molecule has 30 heavy (non-hydrogen) atoms. The average molecular weight is 462 g/mol. The van der Waals surface area contributed by atoms with Crippen molar-refractivity contribution in [1.82, 2.24) is 9.55 Å². The van der Waals surface area contributed by atoms with Crippen LogP contribution in [0.5, 0.6) is 0 Å². The largest absolute Gasteiger partial charge is 0.322 e. The number of amides is 1. The van der Waals surface area contributed by atoms with E-state index >= 15 is 0 Å². The Morgan fingerprint density at radius 1 is 0.933 bits per heavy atom. The number of rotatable bonds is 5. The maximum absolute atomic E-state index is 12.7. The first kappa shape index (κ1) is 19.7. The van der Waals surface area contributed by atoms with Gasteiger partial charge in [0.15, 0.2) is 5.78 Å². The summed E-state index contributed by atoms with van der Waals surface area (Å²) in [7, 11) is 0. The molecule has 4 rings (SSSR count). The summed E-state index contributed by atoms with van der Waals surface area (Å²) in [6.07, 6.45) is 1.38. The van der Waals surface area contributed by atoms with Crippen LogP contribution < -0.4 is 10.9 Å². The molecule has 6 nitrogen and oxygen atoms in total. The van der Waals surface area contributed by atoms with E-state index < -0.39 is 0 Å². The lowest BCUT2D eigenvalue weighted by Gasteiger charge is -2.08. The van der Waals surface area contributed by atoms with Crippen LogP contribution in [0.3, 0.4) is 0 Å². The molecule has 1 N–H and O–H groups in total. The monoisotopic (exact) mass is 461 g/mol. The van der Waals surface area contributed by atoms with Gasteiger partial charge in [-0.3, -0.25) is 19.0 Å². The van der Waals surface area contributed by atoms with Crippen LogP contribution in [-0.4, -0.2) is 21.2 Å². The summed E-state index contributed by atoms with van der Waals surface area (Å²) >= 11 is 3.34. The molecule has 0 unspecified atom stereocenters. The topological polar surface area (TPSA) is 81.1 Å². The van der Waals surface area contributed by atoms with E-state index in [9.17, 15) is 14.4 Å². The number of carbonyl (C=O) groups excluding carboxylic acids is 2. The summed E-state index contributed by atoms with van der Waals surface area (Å²) in [6.45, 7) is -0.121. The van der Waals surface area contributed by atoms with E-state index in [1.165, 1.54) is 10.9 Å². The van der Waals surface area contributed by atoms with Crippen molar-refractivity contribution in [3.8, 4) is 0 Å². The van der Waals surface area contributed by atoms with Gasteiger partial charge in [-0.25, -0.2) is 4.98 Å². The van der Waals surface area contributed by atoms with Crippen molar-refractivity contribution < 1.29 is 9.59 Å². The number of fused-ring (bicyclic) bond motifs is 1. The maximum atomic E-state index is 12.7. The molecule has 0 radical (unpaired) electrons. The third-order valence-electron chi connectivity index (χ3n) is 4.60. The second-order valence-corrected chi connectivity index (χ2v) is 7.58. The molecule has 3 aromatic carbocycles. The molecule has 1 heterocycles. The fourth-order valence-electron chi connectivity index (χ4n) is 3.02. The smallest absolute Gasteiger partial charge is 0.261 e. The summed E-state index contributed by atoms with van der Waals surface area (Å²) in [6, 6.07) is 20.7. The second kappa shape index (κ2) is 8.42. The highest BCUT2D eigenvalue weighted by atomic mass is 79.9. The van der Waals surface area contributed by atoms with E-state index in [1.54, 1.807) is 60.7 Å². The Morgan fingerprint density at radius 2 is 1.67 bits per heavy atom. The lowest BCUT2D eigenvalue weighted by atomic mass is 10.1. The van der Waals surface area contributed by atoms with Gasteiger partial charge in [0.05, 0.1) is 23.8 Å². The molecule has 4 aromatic rings. The van der Waals surface area contributed by atoms with Crippen LogP contribution in [0.25, 0.3) is 10.9 Å². The van der Waals surface area contributed by atoms with Crippen molar-refractivity contribution >= 4 is 44.2 Å². The zero-order valence-electron chi connectivity index (χ0n) is 15.7. The van der Waals surface area contributed by atoms with Gasteiger partial charge in [-0.1, -0.05) is 34.1 Å². The first-order chi connectivity index (χ1) is 14.5. The minimum Gasteiger partial charge on any atom is -0.322 e. The van der Waals surface area contributed by atoms with Gasteiger partial charge in [-0.15, -0.1) is 0 Å². The molecule has 0 aliphatic carbocycles. The summed E-state index contributed by atoms with van der Waals surface area (Å²) in [5, 5.41) is 3.23. The molecule has 1 amide bonds. The molecule has 0 spiro atoms. The highest BCUT2D eigenvalue weighted by molar-refractivity contribution is 9.10. The maximum Gasteiger partial charge on any atom is 0.261 e. The Bertz CT molecular complexity index is 1300. The fourth-order valence-corrected chi connectivity index (χ4v) is 3.38. The van der Waals surface area contributed by atoms with Gasteiger partial charge in [0.2, 0.25) is 0 Å². The van der Waals surface area contributed by atoms with Crippen LogP contribution in [0.4, 0.5) is 5.69 Å². The standard InChI is InChI=1S/C23H16BrN3O3/c24-17-8-11-20-19(12-17)23(30)27(14-25-20)13-21(28)15-6-9-18(10-7-15)26-22(29)16-4-2-1-3-5-16/h1-12,14H,13H2,(H,26,29). The Balaban J connectivity index is 1.49. The number of Topliss-reactive ketones (excluding diaryl/α,β-unsaturated/α-hetero) is 1. The van der Waals surface area contributed by atoms with Gasteiger partial charge in [-0.05, 0) is 54.6 Å². The Morgan fingerprint density at radius 3 is 2.40 bits per heavy atom. The van der Waals surface area contributed by atoms with Gasteiger partial charge < -0.3 is 5.32 Å². The molecule has 0 fully saturated rings. The van der Waals surface area contributed by atoms with Crippen molar-refractivity contribution in [2.45, 2.75) is 6.54 Å². The van der Waals surface area contributed by atoms with Crippen molar-refractivity contribution in [3.05, 3.63) is 105 Å². The Labute approximate surface area is 180 Å². The number of hydrogen-bond acceptors (Lipinski definition) is 4. The molecule has 0 bridgehead atoms. The van der Waals surface area contributed by atoms with Gasteiger partial charge >= 0.3 is 0 Å². The van der Waals surface area contributed by atoms with Crippen LogP contribution in [0.1, 0.15) is 20.7 Å². The number of anilines is 1. The summed E-state index contributed by atoms with van der Waals surface area (Å²) in [5.74, 6) is -0.455. The molecular formula is C23H16BrN3O3. The quantitative estimate of drug-likeness (QED) is 0.449.